The van der Waals surface area contributed by atoms with E-state index in [0.29, 0.717) is 0 Å². The Balaban J connectivity index is 2.24. The number of ether oxygens (including phenoxy) is 1. The molecule has 6 nitrogen and oxygen atoms in total. The van der Waals surface area contributed by atoms with Crippen molar-refractivity contribution in [3.8, 4) is 5.69 Å². The van der Waals surface area contributed by atoms with Crippen LogP contribution < -0.4 is 10.9 Å². The SMILES string of the molecule is C[C@H](NC(=O)OC(C)(C)C)c1nc2cccc(F)c2c(=O)n1-c1cc(Cl)cc(C(F)F)c1. The van der Waals surface area contributed by atoms with Crippen LogP contribution in [-0.2, 0) is 4.74 Å². The van der Waals surface area contributed by atoms with E-state index in [9.17, 15) is 22.8 Å². The molecule has 2 aromatic carbocycles. The van der Waals surface area contributed by atoms with Gasteiger partial charge in [0.25, 0.3) is 12.0 Å². The third-order valence-electron chi connectivity index (χ3n) is 4.41. The first-order chi connectivity index (χ1) is 14.9. The minimum Gasteiger partial charge on any atom is -0.444 e. The molecule has 3 rings (SSSR count). The first-order valence-electron chi connectivity index (χ1n) is 9.67. The Morgan fingerprint density at radius 1 is 1.22 bits per heavy atom. The number of rotatable bonds is 4. The summed E-state index contributed by atoms with van der Waals surface area (Å²) in [4.78, 5) is 29.9. The molecule has 0 fully saturated rings. The van der Waals surface area contributed by atoms with E-state index in [1.165, 1.54) is 25.1 Å². The van der Waals surface area contributed by atoms with Crippen LogP contribution in [0.2, 0.25) is 5.02 Å². The van der Waals surface area contributed by atoms with Crippen LogP contribution in [0.4, 0.5) is 18.0 Å². The van der Waals surface area contributed by atoms with Gasteiger partial charge in [0.2, 0.25) is 0 Å². The van der Waals surface area contributed by atoms with Gasteiger partial charge >= 0.3 is 6.09 Å². The van der Waals surface area contributed by atoms with Crippen LogP contribution in [0, 0.1) is 5.82 Å². The number of nitrogens with one attached hydrogen (secondary N) is 1. The predicted octanol–water partition coefficient (Wildman–Crippen LogP) is 5.70. The van der Waals surface area contributed by atoms with E-state index in [1.807, 2.05) is 0 Å². The third kappa shape index (κ3) is 5.04. The summed E-state index contributed by atoms with van der Waals surface area (Å²) in [5.74, 6) is -0.828. The van der Waals surface area contributed by atoms with E-state index in [-0.39, 0.29) is 27.4 Å². The third-order valence-corrected chi connectivity index (χ3v) is 4.63. The average molecular weight is 468 g/mol. The fraction of sp³-hybridized carbons (Fsp3) is 0.318. The topological polar surface area (TPSA) is 73.2 Å². The maximum Gasteiger partial charge on any atom is 0.408 e. The molecule has 0 saturated carbocycles. The summed E-state index contributed by atoms with van der Waals surface area (Å²) in [6, 6.07) is 6.44. The van der Waals surface area contributed by atoms with E-state index >= 15 is 0 Å². The van der Waals surface area contributed by atoms with Gasteiger partial charge in [0.05, 0.1) is 17.2 Å². The second kappa shape index (κ2) is 8.82. The van der Waals surface area contributed by atoms with Crippen LogP contribution in [0.5, 0.6) is 0 Å². The number of fused-ring (bicyclic) bond motifs is 1. The predicted molar refractivity (Wildman–Crippen MR) is 115 cm³/mol. The Morgan fingerprint density at radius 3 is 2.53 bits per heavy atom. The molecule has 1 heterocycles. The molecule has 0 aliphatic heterocycles. The number of nitrogens with zero attached hydrogens (tertiary/aromatic N) is 2. The zero-order valence-corrected chi connectivity index (χ0v) is 18.5. The normalized spacial score (nSPS) is 12.8. The van der Waals surface area contributed by atoms with Crippen molar-refractivity contribution in [2.75, 3.05) is 0 Å². The zero-order valence-electron chi connectivity index (χ0n) is 17.7. The van der Waals surface area contributed by atoms with Gasteiger partial charge in [-0.1, -0.05) is 17.7 Å². The number of carbonyl (C=O) groups is 1. The molecule has 32 heavy (non-hydrogen) atoms. The molecule has 10 heteroatoms. The molecular formula is C22H21ClF3N3O3. The fourth-order valence-electron chi connectivity index (χ4n) is 3.15. The summed E-state index contributed by atoms with van der Waals surface area (Å²) < 4.78 is 47.4. The van der Waals surface area contributed by atoms with E-state index in [4.69, 9.17) is 16.3 Å². The summed E-state index contributed by atoms with van der Waals surface area (Å²) >= 11 is 6.00. The molecule has 1 atom stereocenters. The lowest BCUT2D eigenvalue weighted by Gasteiger charge is -2.23. The van der Waals surface area contributed by atoms with Gasteiger partial charge < -0.3 is 10.1 Å². The number of halogens is 4. The Hall–Kier alpha value is -3.07. The average Bonchev–Trinajstić information content (AvgIpc) is 2.65. The zero-order chi connectivity index (χ0) is 23.8. The molecule has 0 bridgehead atoms. The number of amides is 1. The second-order valence-corrected chi connectivity index (χ2v) is 8.59. The summed E-state index contributed by atoms with van der Waals surface area (Å²) in [6.07, 6.45) is -3.63. The van der Waals surface area contributed by atoms with Crippen molar-refractivity contribution in [2.24, 2.45) is 0 Å². The monoisotopic (exact) mass is 467 g/mol. The van der Waals surface area contributed by atoms with E-state index < -0.39 is 41.1 Å². The van der Waals surface area contributed by atoms with Crippen molar-refractivity contribution >= 4 is 28.6 Å². The molecule has 1 amide bonds. The summed E-state index contributed by atoms with van der Waals surface area (Å²) in [6.45, 7) is 6.58. The van der Waals surface area contributed by atoms with Crippen molar-refractivity contribution in [3.05, 3.63) is 69.0 Å². The highest BCUT2D eigenvalue weighted by Crippen LogP contribution is 2.27. The minimum atomic E-state index is -2.85. The number of carbonyl (C=O) groups excluding carboxylic acids is 1. The van der Waals surface area contributed by atoms with Gasteiger partial charge in [-0.3, -0.25) is 9.36 Å². The number of alkyl halides is 2. The molecule has 170 valence electrons. The van der Waals surface area contributed by atoms with Gasteiger partial charge in [-0.05, 0) is 58.0 Å². The standard InChI is InChI=1S/C22H21ClF3N3O3/c1-11(27-21(31)32-22(2,3)4)19-28-16-7-5-6-15(24)17(16)20(30)29(19)14-9-12(18(25)26)8-13(23)10-14/h5-11,18H,1-4H3,(H,27,31)/t11-/m0/s1. The lowest BCUT2D eigenvalue weighted by atomic mass is 10.1. The number of alkyl carbamates (subject to hydrolysis) is 1. The van der Waals surface area contributed by atoms with Crippen LogP contribution >= 0.6 is 11.6 Å². The highest BCUT2D eigenvalue weighted by molar-refractivity contribution is 6.30. The Bertz CT molecular complexity index is 1240. The van der Waals surface area contributed by atoms with Gasteiger partial charge in [-0.25, -0.2) is 22.9 Å². The molecule has 0 aliphatic rings. The second-order valence-electron chi connectivity index (χ2n) is 8.16. The molecule has 0 aliphatic carbocycles. The number of benzene rings is 2. The summed E-state index contributed by atoms with van der Waals surface area (Å²) in [5, 5.41) is 2.20. The Kier molecular flexibility index (Phi) is 6.50. The molecule has 0 saturated heterocycles. The van der Waals surface area contributed by atoms with Crippen molar-refractivity contribution in [2.45, 2.75) is 45.8 Å². The quantitative estimate of drug-likeness (QED) is 0.534. The van der Waals surface area contributed by atoms with Crippen molar-refractivity contribution in [3.63, 3.8) is 0 Å². The first kappa shape index (κ1) is 23.6. The van der Waals surface area contributed by atoms with Crippen LogP contribution in [0.15, 0.2) is 41.2 Å². The van der Waals surface area contributed by atoms with Crippen molar-refractivity contribution in [1.29, 1.82) is 0 Å². The van der Waals surface area contributed by atoms with E-state index in [1.54, 1.807) is 20.8 Å². The van der Waals surface area contributed by atoms with Crippen LogP contribution in [-0.4, -0.2) is 21.2 Å². The van der Waals surface area contributed by atoms with Gasteiger partial charge in [-0.2, -0.15) is 0 Å². The Morgan fingerprint density at radius 2 is 1.91 bits per heavy atom. The maximum absolute atomic E-state index is 14.5. The highest BCUT2D eigenvalue weighted by Gasteiger charge is 2.24. The van der Waals surface area contributed by atoms with Gasteiger partial charge in [-0.15, -0.1) is 0 Å². The van der Waals surface area contributed by atoms with Crippen LogP contribution in [0.3, 0.4) is 0 Å². The molecule has 0 unspecified atom stereocenters. The Labute approximate surface area is 187 Å². The van der Waals surface area contributed by atoms with E-state index in [2.05, 4.69) is 10.3 Å². The molecule has 3 aromatic rings. The number of hydrogen-bond acceptors (Lipinski definition) is 4. The van der Waals surface area contributed by atoms with Crippen molar-refractivity contribution in [1.82, 2.24) is 14.9 Å². The van der Waals surface area contributed by atoms with Crippen LogP contribution in [0.1, 0.15) is 51.6 Å². The highest BCUT2D eigenvalue weighted by atomic mass is 35.5. The van der Waals surface area contributed by atoms with Gasteiger partial charge in [0.1, 0.15) is 22.6 Å². The minimum absolute atomic E-state index is 0.0126. The molecule has 0 radical (unpaired) electrons. The lowest BCUT2D eigenvalue weighted by Crippen LogP contribution is -2.37. The van der Waals surface area contributed by atoms with Gasteiger partial charge in [0, 0.05) is 10.6 Å². The summed E-state index contributed by atoms with van der Waals surface area (Å²) in [5.41, 5.74) is -2.02. The molecule has 1 N–H and O–H groups in total. The fourth-order valence-corrected chi connectivity index (χ4v) is 3.38. The van der Waals surface area contributed by atoms with E-state index in [0.717, 1.165) is 22.8 Å². The maximum atomic E-state index is 14.5. The molecular weight excluding hydrogens is 447 g/mol. The lowest BCUT2D eigenvalue weighted by molar-refractivity contribution is 0.0505. The van der Waals surface area contributed by atoms with Crippen molar-refractivity contribution < 1.29 is 22.7 Å². The number of hydrogen-bond donors (Lipinski definition) is 1. The van der Waals surface area contributed by atoms with Gasteiger partial charge in [0.15, 0.2) is 0 Å². The smallest absolute Gasteiger partial charge is 0.408 e. The summed E-state index contributed by atoms with van der Waals surface area (Å²) in [7, 11) is 0. The number of aromatic nitrogens is 2. The molecule has 1 aromatic heterocycles. The largest absolute Gasteiger partial charge is 0.444 e. The first-order valence-corrected chi connectivity index (χ1v) is 10.0. The van der Waals surface area contributed by atoms with Crippen LogP contribution in [0.25, 0.3) is 16.6 Å². The molecule has 0 spiro atoms.